The first-order chi connectivity index (χ1) is 10.0. The normalized spacial score (nSPS) is 12.4. The van der Waals surface area contributed by atoms with Gasteiger partial charge in [0.25, 0.3) is 0 Å². The molecule has 0 fully saturated rings. The number of halogens is 5. The molecule has 0 nitrogen and oxygen atoms in total. The van der Waals surface area contributed by atoms with E-state index in [2.05, 4.69) is 31.9 Å². The number of benzene rings is 2. The van der Waals surface area contributed by atoms with Crippen LogP contribution >= 0.6 is 43.5 Å². The second-order valence-electron chi connectivity index (χ2n) is 4.84. The standard InChI is InChI=1S/C16H13Br2ClF2/c17-13-4-2-1-3-11(13)7-10(9-19)8-12-15(20)6-5-14(18)16(12)21/h1-6,10H,7-9H2. The lowest BCUT2D eigenvalue weighted by molar-refractivity contribution is 0.505. The molecule has 0 spiro atoms. The molecule has 2 rings (SSSR count). The Morgan fingerprint density at radius 2 is 1.67 bits per heavy atom. The van der Waals surface area contributed by atoms with Crippen molar-refractivity contribution in [3.05, 3.63) is 68.1 Å². The molecule has 0 bridgehead atoms. The lowest BCUT2D eigenvalue weighted by Gasteiger charge is -2.16. The predicted molar refractivity (Wildman–Crippen MR) is 89.8 cm³/mol. The summed E-state index contributed by atoms with van der Waals surface area (Å²) in [6, 6.07) is 10.4. The van der Waals surface area contributed by atoms with Crippen molar-refractivity contribution < 1.29 is 8.78 Å². The molecule has 1 unspecified atom stereocenters. The van der Waals surface area contributed by atoms with Crippen LogP contribution in [-0.2, 0) is 12.8 Å². The molecule has 0 aromatic heterocycles. The Morgan fingerprint density at radius 3 is 2.33 bits per heavy atom. The SMILES string of the molecule is Fc1ccc(Br)c(F)c1CC(CCl)Cc1ccccc1Br. The summed E-state index contributed by atoms with van der Waals surface area (Å²) >= 11 is 12.6. The highest BCUT2D eigenvalue weighted by atomic mass is 79.9. The maximum atomic E-state index is 14.0. The third kappa shape index (κ3) is 4.27. The Labute approximate surface area is 144 Å². The van der Waals surface area contributed by atoms with E-state index in [9.17, 15) is 8.78 Å². The molecule has 0 aliphatic rings. The van der Waals surface area contributed by atoms with Crippen molar-refractivity contribution in [2.24, 2.45) is 5.92 Å². The third-order valence-corrected chi connectivity index (χ3v) is 5.14. The zero-order valence-corrected chi connectivity index (χ0v) is 15.0. The summed E-state index contributed by atoms with van der Waals surface area (Å²) in [7, 11) is 0. The zero-order valence-electron chi connectivity index (χ0n) is 11.1. The second-order valence-corrected chi connectivity index (χ2v) is 6.86. The summed E-state index contributed by atoms with van der Waals surface area (Å²) in [6.45, 7) is 0. The van der Waals surface area contributed by atoms with E-state index >= 15 is 0 Å². The lowest BCUT2D eigenvalue weighted by Crippen LogP contribution is -2.13. The fourth-order valence-corrected chi connectivity index (χ4v) is 3.24. The quantitative estimate of drug-likeness (QED) is 0.389. The summed E-state index contributed by atoms with van der Waals surface area (Å²) in [5.74, 6) is -0.772. The van der Waals surface area contributed by atoms with Gasteiger partial charge >= 0.3 is 0 Å². The van der Waals surface area contributed by atoms with E-state index in [4.69, 9.17) is 11.6 Å². The monoisotopic (exact) mass is 436 g/mol. The van der Waals surface area contributed by atoms with Crippen molar-refractivity contribution in [2.75, 3.05) is 5.88 Å². The Morgan fingerprint density at radius 1 is 0.952 bits per heavy atom. The van der Waals surface area contributed by atoms with Gasteiger partial charge in [-0.05, 0) is 58.5 Å². The predicted octanol–water partition coefficient (Wildman–Crippen LogP) is 6.13. The van der Waals surface area contributed by atoms with Gasteiger partial charge in [-0.15, -0.1) is 11.6 Å². The van der Waals surface area contributed by atoms with E-state index in [1.807, 2.05) is 24.3 Å². The molecule has 5 heteroatoms. The third-order valence-electron chi connectivity index (χ3n) is 3.32. The van der Waals surface area contributed by atoms with Crippen LogP contribution in [0.1, 0.15) is 11.1 Å². The van der Waals surface area contributed by atoms with Gasteiger partial charge in [0.1, 0.15) is 11.6 Å². The Balaban J connectivity index is 2.21. The van der Waals surface area contributed by atoms with Crippen LogP contribution in [0.25, 0.3) is 0 Å². The van der Waals surface area contributed by atoms with Crippen LogP contribution in [0, 0.1) is 17.6 Å². The first-order valence-corrected chi connectivity index (χ1v) is 8.56. The molecule has 0 N–H and O–H groups in total. The van der Waals surface area contributed by atoms with E-state index in [0.29, 0.717) is 12.3 Å². The summed E-state index contributed by atoms with van der Waals surface area (Å²) in [5.41, 5.74) is 1.17. The molecule has 0 saturated heterocycles. The molecule has 112 valence electrons. The first kappa shape index (κ1) is 16.9. The zero-order chi connectivity index (χ0) is 15.4. The van der Waals surface area contributed by atoms with Gasteiger partial charge in [0.2, 0.25) is 0 Å². The molecular formula is C16H13Br2ClF2. The molecule has 21 heavy (non-hydrogen) atoms. The largest absolute Gasteiger partial charge is 0.207 e. The van der Waals surface area contributed by atoms with Crippen molar-refractivity contribution in [3.8, 4) is 0 Å². The number of rotatable bonds is 5. The molecular weight excluding hydrogens is 425 g/mol. The molecule has 2 aromatic carbocycles. The molecule has 0 saturated carbocycles. The highest BCUT2D eigenvalue weighted by Gasteiger charge is 2.18. The minimum Gasteiger partial charge on any atom is -0.207 e. The van der Waals surface area contributed by atoms with Crippen molar-refractivity contribution >= 4 is 43.5 Å². The van der Waals surface area contributed by atoms with Crippen LogP contribution in [0.3, 0.4) is 0 Å². The molecule has 1 atom stereocenters. The van der Waals surface area contributed by atoms with E-state index in [1.54, 1.807) is 0 Å². The van der Waals surface area contributed by atoms with E-state index < -0.39 is 11.6 Å². The first-order valence-electron chi connectivity index (χ1n) is 6.44. The van der Waals surface area contributed by atoms with Gasteiger partial charge in [0, 0.05) is 15.9 Å². The van der Waals surface area contributed by atoms with Crippen LogP contribution in [0.15, 0.2) is 45.3 Å². The fraction of sp³-hybridized carbons (Fsp3) is 0.250. The van der Waals surface area contributed by atoms with Crippen LogP contribution in [0.2, 0.25) is 0 Å². The van der Waals surface area contributed by atoms with Crippen molar-refractivity contribution in [1.29, 1.82) is 0 Å². The van der Waals surface area contributed by atoms with Gasteiger partial charge in [-0.3, -0.25) is 0 Å². The minimum atomic E-state index is -0.544. The van der Waals surface area contributed by atoms with Crippen molar-refractivity contribution in [2.45, 2.75) is 12.8 Å². The van der Waals surface area contributed by atoms with E-state index in [0.717, 1.165) is 10.0 Å². The second kappa shape index (κ2) is 7.70. The Kier molecular flexibility index (Phi) is 6.20. The van der Waals surface area contributed by atoms with Gasteiger partial charge < -0.3 is 0 Å². The van der Waals surface area contributed by atoms with Crippen molar-refractivity contribution in [1.82, 2.24) is 0 Å². The van der Waals surface area contributed by atoms with Gasteiger partial charge in [-0.1, -0.05) is 34.1 Å². The average molecular weight is 439 g/mol. The number of alkyl halides is 1. The molecule has 0 heterocycles. The van der Waals surface area contributed by atoms with E-state index in [1.165, 1.54) is 12.1 Å². The van der Waals surface area contributed by atoms with Crippen LogP contribution in [0.5, 0.6) is 0 Å². The minimum absolute atomic E-state index is 0.0383. The van der Waals surface area contributed by atoms with Crippen molar-refractivity contribution in [3.63, 3.8) is 0 Å². The Bertz CT molecular complexity index is 632. The maximum Gasteiger partial charge on any atom is 0.143 e. The molecule has 2 aromatic rings. The average Bonchev–Trinajstić information content (AvgIpc) is 2.48. The summed E-state index contributed by atoms with van der Waals surface area (Å²) in [6.07, 6.45) is 0.929. The molecule has 0 aliphatic heterocycles. The van der Waals surface area contributed by atoms with Gasteiger partial charge in [0.05, 0.1) is 4.47 Å². The summed E-state index contributed by atoms with van der Waals surface area (Å²) in [4.78, 5) is 0. The summed E-state index contributed by atoms with van der Waals surface area (Å²) < 4.78 is 29.1. The fourth-order valence-electron chi connectivity index (χ4n) is 2.20. The summed E-state index contributed by atoms with van der Waals surface area (Å²) in [5, 5.41) is 0. The van der Waals surface area contributed by atoms with Gasteiger partial charge in [-0.2, -0.15) is 0 Å². The topological polar surface area (TPSA) is 0 Å². The maximum absolute atomic E-state index is 14.0. The number of hydrogen-bond acceptors (Lipinski definition) is 0. The van der Waals surface area contributed by atoms with Crippen LogP contribution in [-0.4, -0.2) is 5.88 Å². The van der Waals surface area contributed by atoms with E-state index in [-0.39, 0.29) is 22.4 Å². The highest BCUT2D eigenvalue weighted by Crippen LogP contribution is 2.27. The number of hydrogen-bond donors (Lipinski definition) is 0. The Hall–Kier alpha value is -0.450. The smallest absolute Gasteiger partial charge is 0.143 e. The lowest BCUT2D eigenvalue weighted by atomic mass is 9.93. The molecule has 0 amide bonds. The molecule has 0 radical (unpaired) electrons. The highest BCUT2D eigenvalue weighted by molar-refractivity contribution is 9.10. The van der Waals surface area contributed by atoms with Gasteiger partial charge in [-0.25, -0.2) is 8.78 Å². The van der Waals surface area contributed by atoms with Crippen LogP contribution in [0.4, 0.5) is 8.78 Å². The van der Waals surface area contributed by atoms with Gasteiger partial charge in [0.15, 0.2) is 0 Å². The van der Waals surface area contributed by atoms with Crippen LogP contribution < -0.4 is 0 Å². The molecule has 0 aliphatic carbocycles.